The van der Waals surface area contributed by atoms with E-state index in [4.69, 9.17) is 0 Å². The maximum atomic E-state index is 2.31. The van der Waals surface area contributed by atoms with Gasteiger partial charge in [-0.1, -0.05) is 120 Å². The Balaban J connectivity index is 1.77. The smallest absolute Gasteiger partial charge is 0.200 e. The molecule has 4 rings (SSSR count). The fraction of sp³-hybridized carbons (Fsp3) is 0.265. The maximum Gasteiger partial charge on any atom is 0.212 e. The van der Waals surface area contributed by atoms with E-state index in [9.17, 15) is 0 Å². The maximum absolute atomic E-state index is 2.31. The molecule has 1 aromatic heterocycles. The van der Waals surface area contributed by atoms with Crippen LogP contribution in [0.15, 0.2) is 91.1 Å². The molecular formula is C34H38N+. The zero-order chi connectivity index (χ0) is 25.2. The van der Waals surface area contributed by atoms with E-state index in [2.05, 4.69) is 156 Å². The minimum Gasteiger partial charge on any atom is -0.200 e. The zero-order valence-corrected chi connectivity index (χ0v) is 22.3. The number of pyridine rings is 1. The van der Waals surface area contributed by atoms with Gasteiger partial charge in [-0.15, -0.1) is 0 Å². The lowest BCUT2D eigenvalue weighted by Gasteiger charge is -2.19. The molecule has 0 spiro atoms. The summed E-state index contributed by atoms with van der Waals surface area (Å²) in [6, 6.07) is 30.9. The van der Waals surface area contributed by atoms with Gasteiger partial charge in [0.15, 0.2) is 6.20 Å². The summed E-state index contributed by atoms with van der Waals surface area (Å²) < 4.78 is 2.24. The molecule has 0 fully saturated rings. The molecule has 1 nitrogen and oxygen atoms in total. The van der Waals surface area contributed by atoms with Crippen molar-refractivity contribution in [2.75, 3.05) is 0 Å². The number of aromatic nitrogens is 1. The van der Waals surface area contributed by atoms with E-state index >= 15 is 0 Å². The van der Waals surface area contributed by atoms with Gasteiger partial charge in [0.25, 0.3) is 0 Å². The summed E-state index contributed by atoms with van der Waals surface area (Å²) in [5.74, 6) is 0. The molecule has 3 aromatic carbocycles. The Morgan fingerprint density at radius 1 is 0.600 bits per heavy atom. The van der Waals surface area contributed by atoms with Crippen LogP contribution in [0.5, 0.6) is 0 Å². The van der Waals surface area contributed by atoms with Crippen molar-refractivity contribution in [3.05, 3.63) is 113 Å². The second-order valence-electron chi connectivity index (χ2n) is 11.5. The molecule has 0 saturated heterocycles. The highest BCUT2D eigenvalue weighted by Crippen LogP contribution is 2.30. The quantitative estimate of drug-likeness (QED) is 0.268. The minimum atomic E-state index is 0.147. The summed E-state index contributed by atoms with van der Waals surface area (Å²) in [5.41, 5.74) is 10.3. The highest BCUT2D eigenvalue weighted by molar-refractivity contribution is 5.81. The van der Waals surface area contributed by atoms with E-state index in [-0.39, 0.29) is 10.8 Å². The fourth-order valence-corrected chi connectivity index (χ4v) is 4.37. The van der Waals surface area contributed by atoms with Gasteiger partial charge in [0.1, 0.15) is 7.05 Å². The summed E-state index contributed by atoms with van der Waals surface area (Å²) in [6.07, 6.45) is 6.73. The van der Waals surface area contributed by atoms with Crippen molar-refractivity contribution < 1.29 is 4.57 Å². The number of rotatable bonds is 4. The Morgan fingerprint density at radius 2 is 1.14 bits per heavy atom. The van der Waals surface area contributed by atoms with Crippen molar-refractivity contribution >= 4 is 12.2 Å². The van der Waals surface area contributed by atoms with Crippen LogP contribution >= 0.6 is 0 Å². The van der Waals surface area contributed by atoms with Crippen LogP contribution in [0.1, 0.15) is 63.8 Å². The van der Waals surface area contributed by atoms with E-state index in [0.717, 1.165) is 0 Å². The predicted octanol–water partition coefficient (Wildman–Crippen LogP) is 8.61. The van der Waals surface area contributed by atoms with E-state index in [1.165, 1.54) is 44.6 Å². The van der Waals surface area contributed by atoms with E-state index in [0.29, 0.717) is 0 Å². The topological polar surface area (TPSA) is 3.88 Å². The van der Waals surface area contributed by atoms with Crippen LogP contribution in [0.4, 0.5) is 0 Å². The number of benzene rings is 3. The number of aryl methyl sites for hydroxylation is 1. The van der Waals surface area contributed by atoms with E-state index < -0.39 is 0 Å². The molecule has 0 saturated carbocycles. The van der Waals surface area contributed by atoms with Crippen LogP contribution in [0.3, 0.4) is 0 Å². The van der Waals surface area contributed by atoms with Gasteiger partial charge in [-0.3, -0.25) is 0 Å². The summed E-state index contributed by atoms with van der Waals surface area (Å²) in [6.45, 7) is 13.5. The highest BCUT2D eigenvalue weighted by atomic mass is 14.9. The first-order valence-corrected chi connectivity index (χ1v) is 12.5. The minimum absolute atomic E-state index is 0.147. The molecule has 4 aromatic rings. The van der Waals surface area contributed by atoms with Crippen molar-refractivity contribution in [3.8, 4) is 22.4 Å². The van der Waals surface area contributed by atoms with Crippen molar-refractivity contribution in [1.29, 1.82) is 0 Å². The van der Waals surface area contributed by atoms with Crippen molar-refractivity contribution in [3.63, 3.8) is 0 Å². The first kappa shape index (κ1) is 24.7. The standard InChI is InChI=1S/C34H38N/c1-33(2,3)29-19-14-25(15-20-29)13-16-28-23-32(27-17-21-30(22-18-27)34(4,5)6)35(7)24-31(28)26-11-9-8-10-12-26/h8-24H,1-7H3/q+1/b16-13+. The zero-order valence-electron chi connectivity index (χ0n) is 22.3. The molecule has 1 heterocycles. The molecule has 1 heteroatoms. The number of nitrogens with zero attached hydrogens (tertiary/aromatic N) is 1. The first-order chi connectivity index (χ1) is 16.5. The van der Waals surface area contributed by atoms with Crippen LogP contribution in [0.2, 0.25) is 0 Å². The van der Waals surface area contributed by atoms with Gasteiger partial charge in [-0.25, -0.2) is 4.57 Å². The monoisotopic (exact) mass is 460 g/mol. The van der Waals surface area contributed by atoms with Gasteiger partial charge >= 0.3 is 0 Å². The third-order valence-electron chi connectivity index (χ3n) is 6.67. The Morgan fingerprint density at radius 3 is 1.69 bits per heavy atom. The molecule has 0 unspecified atom stereocenters. The van der Waals surface area contributed by atoms with Gasteiger partial charge in [0.05, 0.1) is 5.56 Å². The molecule has 0 bridgehead atoms. The molecule has 0 atom stereocenters. The molecular weight excluding hydrogens is 422 g/mol. The van der Waals surface area contributed by atoms with Gasteiger partial charge in [-0.2, -0.15) is 0 Å². The third-order valence-corrected chi connectivity index (χ3v) is 6.67. The van der Waals surface area contributed by atoms with Gasteiger partial charge < -0.3 is 0 Å². The predicted molar refractivity (Wildman–Crippen MR) is 151 cm³/mol. The Hall–Kier alpha value is -3.45. The lowest BCUT2D eigenvalue weighted by Crippen LogP contribution is -2.31. The molecule has 0 radical (unpaired) electrons. The largest absolute Gasteiger partial charge is 0.212 e. The summed E-state index contributed by atoms with van der Waals surface area (Å²) in [4.78, 5) is 0. The summed E-state index contributed by atoms with van der Waals surface area (Å²) >= 11 is 0. The second kappa shape index (κ2) is 9.66. The van der Waals surface area contributed by atoms with Crippen LogP contribution in [-0.4, -0.2) is 0 Å². The lowest BCUT2D eigenvalue weighted by atomic mass is 9.86. The molecule has 0 amide bonds. The van der Waals surface area contributed by atoms with Crippen molar-refractivity contribution in [2.24, 2.45) is 7.05 Å². The van der Waals surface area contributed by atoms with E-state index in [1.807, 2.05) is 0 Å². The Labute approximate surface area is 211 Å². The normalized spacial score (nSPS) is 12.3. The molecule has 0 aliphatic rings. The van der Waals surface area contributed by atoms with Crippen molar-refractivity contribution in [2.45, 2.75) is 52.4 Å². The SMILES string of the molecule is C[n+]1cc(-c2ccccc2)c(/C=C/c2ccc(C(C)(C)C)cc2)cc1-c1ccc(C(C)(C)C)cc1. The summed E-state index contributed by atoms with van der Waals surface area (Å²) in [7, 11) is 2.14. The molecule has 35 heavy (non-hydrogen) atoms. The second-order valence-corrected chi connectivity index (χ2v) is 11.5. The van der Waals surface area contributed by atoms with Crippen molar-refractivity contribution in [1.82, 2.24) is 0 Å². The summed E-state index contributed by atoms with van der Waals surface area (Å²) in [5, 5.41) is 0. The first-order valence-electron chi connectivity index (χ1n) is 12.5. The van der Waals surface area contributed by atoms with Gasteiger partial charge in [-0.05, 0) is 50.8 Å². The molecule has 178 valence electrons. The average molecular weight is 461 g/mol. The lowest BCUT2D eigenvalue weighted by molar-refractivity contribution is -0.659. The van der Waals surface area contributed by atoms with Gasteiger partial charge in [0, 0.05) is 11.6 Å². The molecule has 0 aliphatic carbocycles. The third kappa shape index (κ3) is 5.80. The Kier molecular flexibility index (Phi) is 6.81. The number of hydrogen-bond donors (Lipinski definition) is 0. The highest BCUT2D eigenvalue weighted by Gasteiger charge is 2.18. The average Bonchev–Trinajstić information content (AvgIpc) is 2.83. The molecule has 0 aliphatic heterocycles. The van der Waals surface area contributed by atoms with Gasteiger partial charge in [0.2, 0.25) is 5.69 Å². The molecule has 0 N–H and O–H groups in total. The van der Waals surface area contributed by atoms with Crippen LogP contribution in [0.25, 0.3) is 34.5 Å². The fourth-order valence-electron chi connectivity index (χ4n) is 4.37. The van der Waals surface area contributed by atoms with Crippen LogP contribution < -0.4 is 4.57 Å². The van der Waals surface area contributed by atoms with Crippen LogP contribution in [0, 0.1) is 0 Å². The van der Waals surface area contributed by atoms with Crippen LogP contribution in [-0.2, 0) is 17.9 Å². The Bertz CT molecular complexity index is 1310. The van der Waals surface area contributed by atoms with E-state index in [1.54, 1.807) is 0 Å². The number of hydrogen-bond acceptors (Lipinski definition) is 0.